The molecule has 0 spiro atoms. The number of rotatable bonds is 9. The van der Waals surface area contributed by atoms with Crippen LogP contribution in [-0.4, -0.2) is 20.1 Å². The molecule has 0 atom stereocenters. The average molecular weight is 1210 g/mol. The Bertz CT molecular complexity index is 5330. The quantitative estimate of drug-likeness (QED) is 0.133. The number of hydrogen-bond donors (Lipinski definition) is 0. The lowest BCUT2D eigenvalue weighted by Gasteiger charge is -2.45. The second-order valence-corrected chi connectivity index (χ2v) is 25.0. The number of hydrogen-bond acceptors (Lipinski definition) is 8. The Morgan fingerprint density at radius 3 is 1.06 bits per heavy atom. The van der Waals surface area contributed by atoms with Gasteiger partial charge in [0.05, 0.1) is 11.4 Å². The van der Waals surface area contributed by atoms with Crippen LogP contribution in [0.25, 0.3) is 0 Å². The molecule has 0 amide bonds. The number of ether oxygens (including phenoxy) is 3. The van der Waals surface area contributed by atoms with Crippen LogP contribution in [0.2, 0.25) is 0 Å². The SMILES string of the molecule is c1ccc(N(c2ccccc2)c2cc3c4c(c2)N(c2ccccc2)c2ccccc2B4c2cc4c(cc2O3)N(c2ccccc2)c2cc3c(c5c2B4c2ccccc2O5)B2c4ccccc4N(c4ccccc4)c4cc(N(c5ccccc5)c5ccccc5)cc(c42)O3)cc1. The van der Waals surface area contributed by atoms with Gasteiger partial charge in [0.2, 0.25) is 0 Å². The minimum atomic E-state index is -0.295. The van der Waals surface area contributed by atoms with Crippen molar-refractivity contribution < 1.29 is 14.2 Å². The fraction of sp³-hybridized carbons (Fsp3) is 0. The summed E-state index contributed by atoms with van der Waals surface area (Å²) in [7, 11) is 0. The largest absolute Gasteiger partial charge is 0.459 e. The van der Waals surface area contributed by atoms with E-state index in [1.165, 1.54) is 5.46 Å². The zero-order chi connectivity index (χ0) is 62.2. The van der Waals surface area contributed by atoms with Gasteiger partial charge in [0.25, 0.3) is 20.1 Å². The minimum absolute atomic E-state index is 0.204. The Morgan fingerprint density at radius 2 is 0.568 bits per heavy atom. The number of anilines is 15. The Balaban J connectivity index is 0.838. The van der Waals surface area contributed by atoms with Crippen molar-refractivity contribution in [3.8, 4) is 34.5 Å². The summed E-state index contributed by atoms with van der Waals surface area (Å²) in [6, 6.07) is 118. The van der Waals surface area contributed by atoms with Crippen LogP contribution < -0.4 is 87.9 Å². The van der Waals surface area contributed by atoms with E-state index >= 15 is 0 Å². The van der Waals surface area contributed by atoms with Gasteiger partial charge in [-0.15, -0.1) is 0 Å². The summed E-state index contributed by atoms with van der Waals surface area (Å²) in [5, 5.41) is 0. The highest BCUT2D eigenvalue weighted by atomic mass is 16.5. The highest BCUT2D eigenvalue weighted by molar-refractivity contribution is 7.04. The summed E-state index contributed by atoms with van der Waals surface area (Å²) in [6.45, 7) is -0.765. The molecule has 0 aliphatic carbocycles. The van der Waals surface area contributed by atoms with Gasteiger partial charge in [0.15, 0.2) is 0 Å². The van der Waals surface area contributed by atoms with E-state index < -0.39 is 0 Å². The number of fused-ring (bicyclic) bond motifs is 13. The number of nitrogens with zero attached hydrogens (tertiary/aromatic N) is 5. The van der Waals surface area contributed by atoms with E-state index in [2.05, 4.69) is 352 Å². The number of para-hydroxylation sites is 10. The van der Waals surface area contributed by atoms with Crippen molar-refractivity contribution in [2.45, 2.75) is 0 Å². The van der Waals surface area contributed by atoms with Crippen molar-refractivity contribution in [2.75, 3.05) is 24.5 Å². The Kier molecular flexibility index (Phi) is 11.9. The van der Waals surface area contributed by atoms with E-state index in [9.17, 15) is 0 Å². The minimum Gasteiger partial charge on any atom is -0.459 e. The maximum absolute atomic E-state index is 7.77. The van der Waals surface area contributed by atoms with Gasteiger partial charge < -0.3 is 38.7 Å². The van der Waals surface area contributed by atoms with Gasteiger partial charge in [-0.3, -0.25) is 0 Å². The van der Waals surface area contributed by atoms with Crippen molar-refractivity contribution in [2.24, 2.45) is 0 Å². The predicted octanol–water partition coefficient (Wildman–Crippen LogP) is 15.8. The molecule has 14 aromatic rings. The Labute approximate surface area is 552 Å². The third-order valence-electron chi connectivity index (χ3n) is 19.9. The first-order valence-corrected chi connectivity index (χ1v) is 32.6. The Morgan fingerprint density at radius 1 is 0.211 bits per heavy atom. The van der Waals surface area contributed by atoms with Crippen molar-refractivity contribution in [1.82, 2.24) is 0 Å². The molecule has 0 fully saturated rings. The molecule has 8 nitrogen and oxygen atoms in total. The van der Waals surface area contributed by atoms with E-state index in [1.807, 2.05) is 0 Å². The van der Waals surface area contributed by atoms with Gasteiger partial charge in [-0.1, -0.05) is 188 Å². The molecule has 14 aromatic carbocycles. The third kappa shape index (κ3) is 8.12. The van der Waals surface area contributed by atoms with Gasteiger partial charge in [0.1, 0.15) is 34.5 Å². The lowest BCUT2D eigenvalue weighted by atomic mass is 9.29. The van der Waals surface area contributed by atoms with E-state index in [-0.39, 0.29) is 20.1 Å². The molecule has 0 N–H and O–H groups in total. The summed E-state index contributed by atoms with van der Waals surface area (Å²) in [6.07, 6.45) is 0. The zero-order valence-electron chi connectivity index (χ0n) is 51.4. The zero-order valence-corrected chi connectivity index (χ0v) is 51.4. The summed E-state index contributed by atoms with van der Waals surface area (Å²) < 4.78 is 23.2. The molecule has 0 bridgehead atoms. The van der Waals surface area contributed by atoms with Gasteiger partial charge in [-0.25, -0.2) is 0 Å². The lowest BCUT2D eigenvalue weighted by molar-refractivity contribution is 0.469. The molecular formula is C84H54B3N5O3. The maximum Gasteiger partial charge on any atom is 0.261 e. The van der Waals surface area contributed by atoms with Crippen LogP contribution >= 0.6 is 0 Å². The van der Waals surface area contributed by atoms with Crippen LogP contribution in [0, 0.1) is 0 Å². The number of benzene rings is 14. The molecule has 0 aromatic heterocycles. The topological polar surface area (TPSA) is 43.9 Å². The second kappa shape index (κ2) is 21.1. The van der Waals surface area contributed by atoms with Crippen molar-refractivity contribution in [3.05, 3.63) is 328 Å². The standard InChI is InChI=1S/C84H54B3N5O3/c1-8-28-55(29-9-1)88(56-30-10-2-11-31-56)62-48-72-80-77(50-62)93-76-53-71-67(52-68(76)85(80)64-42-22-25-45-69(64)90(72)59-36-16-5-17-37-59)86-66-44-24-27-47-75(66)95-84-82(86)74(92(71)61-40-20-7-21-41-61)54-79-83(84)87-65-43-23-26-46-70(65)91(60-38-18-6-19-39-60)73-49-63(51-78(94-79)81(73)87)89(57-32-12-3-13-33-57)58-34-14-4-15-35-58/h1-54H. The molecule has 6 aliphatic heterocycles. The summed E-state index contributed by atoms with van der Waals surface area (Å²) >= 11 is 0. The van der Waals surface area contributed by atoms with Crippen molar-refractivity contribution in [1.29, 1.82) is 0 Å². The summed E-state index contributed by atoms with van der Waals surface area (Å²) in [5.74, 6) is 4.75. The lowest BCUT2D eigenvalue weighted by Crippen LogP contribution is -2.65. The smallest absolute Gasteiger partial charge is 0.261 e. The maximum atomic E-state index is 7.77. The first-order chi connectivity index (χ1) is 47.2. The average Bonchev–Trinajstić information content (AvgIpc) is 0.686. The van der Waals surface area contributed by atoms with Crippen LogP contribution in [0.3, 0.4) is 0 Å². The molecule has 0 saturated heterocycles. The molecule has 20 rings (SSSR count). The van der Waals surface area contributed by atoms with E-state index in [4.69, 9.17) is 14.2 Å². The van der Waals surface area contributed by atoms with Gasteiger partial charge >= 0.3 is 0 Å². The van der Waals surface area contributed by atoms with Gasteiger partial charge in [0, 0.05) is 104 Å². The van der Waals surface area contributed by atoms with E-state index in [0.717, 1.165) is 164 Å². The molecule has 11 heteroatoms. The molecule has 0 unspecified atom stereocenters. The fourth-order valence-corrected chi connectivity index (χ4v) is 16.1. The van der Waals surface area contributed by atoms with Gasteiger partial charge in [-0.05, 0) is 159 Å². The van der Waals surface area contributed by atoms with Gasteiger partial charge in [-0.2, -0.15) is 0 Å². The molecule has 6 heterocycles. The third-order valence-corrected chi connectivity index (χ3v) is 19.9. The van der Waals surface area contributed by atoms with Crippen LogP contribution in [0.4, 0.5) is 85.3 Å². The van der Waals surface area contributed by atoms with Crippen LogP contribution in [0.5, 0.6) is 34.5 Å². The fourth-order valence-electron chi connectivity index (χ4n) is 16.1. The normalized spacial score (nSPS) is 13.4. The first-order valence-electron chi connectivity index (χ1n) is 32.6. The monoisotopic (exact) mass is 1210 g/mol. The summed E-state index contributed by atoms with van der Waals surface area (Å²) in [5.41, 5.74) is 25.6. The van der Waals surface area contributed by atoms with Crippen LogP contribution in [0.1, 0.15) is 0 Å². The van der Waals surface area contributed by atoms with Crippen molar-refractivity contribution >= 4 is 155 Å². The van der Waals surface area contributed by atoms with Crippen LogP contribution in [0.15, 0.2) is 328 Å². The highest BCUT2D eigenvalue weighted by Gasteiger charge is 2.52. The molecule has 95 heavy (non-hydrogen) atoms. The van der Waals surface area contributed by atoms with Crippen LogP contribution in [-0.2, 0) is 0 Å². The molecular weight excluding hydrogens is 1160 g/mol. The van der Waals surface area contributed by atoms with E-state index in [0.29, 0.717) is 0 Å². The molecule has 442 valence electrons. The second-order valence-electron chi connectivity index (χ2n) is 25.0. The molecule has 6 aliphatic rings. The first kappa shape index (κ1) is 53.3. The predicted molar refractivity (Wildman–Crippen MR) is 393 cm³/mol. The highest BCUT2D eigenvalue weighted by Crippen LogP contribution is 2.52. The molecule has 0 radical (unpaired) electrons. The summed E-state index contributed by atoms with van der Waals surface area (Å²) in [4.78, 5) is 12.0. The van der Waals surface area contributed by atoms with Crippen molar-refractivity contribution in [3.63, 3.8) is 0 Å². The molecule has 0 saturated carbocycles. The van der Waals surface area contributed by atoms with E-state index in [1.54, 1.807) is 0 Å². The Hall–Kier alpha value is -12.3.